The molecule has 1 unspecified atom stereocenters. The third-order valence-corrected chi connectivity index (χ3v) is 3.07. The van der Waals surface area contributed by atoms with Gasteiger partial charge in [0.15, 0.2) is 0 Å². The molecule has 1 aliphatic rings. The largest absolute Gasteiger partial charge is 0.328 e. The van der Waals surface area contributed by atoms with E-state index in [1.165, 1.54) is 19.3 Å². The van der Waals surface area contributed by atoms with Crippen LogP contribution in [-0.4, -0.2) is 35.5 Å². The summed E-state index contributed by atoms with van der Waals surface area (Å²) in [5, 5.41) is 15.4. The summed E-state index contributed by atoms with van der Waals surface area (Å²) in [4.78, 5) is 2.04. The summed E-state index contributed by atoms with van der Waals surface area (Å²) in [6.45, 7) is 6.21. The molecule has 0 saturated heterocycles. The maximum absolute atomic E-state index is 9.20. The van der Waals surface area contributed by atoms with Crippen molar-refractivity contribution in [3.63, 3.8) is 0 Å². The van der Waals surface area contributed by atoms with Gasteiger partial charge in [0.05, 0.1) is 0 Å². The molecule has 0 saturated carbocycles. The van der Waals surface area contributed by atoms with Gasteiger partial charge in [0, 0.05) is 13.1 Å². The number of nitriles is 1. The van der Waals surface area contributed by atoms with Gasteiger partial charge in [0.25, 0.3) is 0 Å². The summed E-state index contributed by atoms with van der Waals surface area (Å²) in [6, 6.07) is 2.34. The van der Waals surface area contributed by atoms with Crippen LogP contribution in [-0.2, 0) is 0 Å². The SMILES string of the molecule is CCCCCCN1N=CN(CCCC)C1C#N. The van der Waals surface area contributed by atoms with Crippen molar-refractivity contribution in [1.82, 2.24) is 9.91 Å². The Kier molecular flexibility index (Phi) is 6.46. The second kappa shape index (κ2) is 7.94. The van der Waals surface area contributed by atoms with Gasteiger partial charge < -0.3 is 4.90 Å². The van der Waals surface area contributed by atoms with E-state index in [1.54, 1.807) is 0 Å². The number of unbranched alkanes of at least 4 members (excludes halogenated alkanes) is 4. The number of hydrogen-bond donors (Lipinski definition) is 0. The fourth-order valence-electron chi connectivity index (χ4n) is 1.97. The van der Waals surface area contributed by atoms with E-state index in [0.29, 0.717) is 0 Å². The Morgan fingerprint density at radius 1 is 1.12 bits per heavy atom. The molecule has 4 heteroatoms. The van der Waals surface area contributed by atoms with Crippen LogP contribution in [0.4, 0.5) is 0 Å². The third kappa shape index (κ3) is 4.26. The molecule has 1 heterocycles. The highest BCUT2D eigenvalue weighted by Crippen LogP contribution is 2.14. The molecule has 0 aromatic rings. The van der Waals surface area contributed by atoms with Crippen LogP contribution in [0, 0.1) is 11.3 Å². The molecule has 0 aromatic carbocycles. The smallest absolute Gasteiger partial charge is 0.207 e. The van der Waals surface area contributed by atoms with E-state index in [0.717, 1.165) is 32.4 Å². The normalized spacial score (nSPS) is 18.8. The van der Waals surface area contributed by atoms with Crippen LogP contribution in [0.2, 0.25) is 0 Å². The van der Waals surface area contributed by atoms with Crippen molar-refractivity contribution in [2.24, 2.45) is 5.10 Å². The van der Waals surface area contributed by atoms with Crippen molar-refractivity contribution >= 4 is 6.34 Å². The number of hydrogen-bond acceptors (Lipinski definition) is 4. The fourth-order valence-corrected chi connectivity index (χ4v) is 1.97. The standard InChI is InChI=1S/C13H24N4/c1-3-5-7-8-10-17-13(11-14)16(12-15-17)9-6-4-2/h12-13H,3-10H2,1-2H3. The van der Waals surface area contributed by atoms with Crippen molar-refractivity contribution in [3.8, 4) is 6.07 Å². The molecule has 0 radical (unpaired) electrons. The lowest BCUT2D eigenvalue weighted by molar-refractivity contribution is 0.173. The highest BCUT2D eigenvalue weighted by Gasteiger charge is 2.26. The van der Waals surface area contributed by atoms with Gasteiger partial charge in [-0.05, 0) is 12.8 Å². The molecule has 0 fully saturated rings. The van der Waals surface area contributed by atoms with Crippen molar-refractivity contribution < 1.29 is 0 Å². The molecule has 1 rings (SSSR count). The molecule has 0 spiro atoms. The fraction of sp³-hybridized carbons (Fsp3) is 0.846. The molecule has 4 nitrogen and oxygen atoms in total. The van der Waals surface area contributed by atoms with Crippen LogP contribution in [0.15, 0.2) is 5.10 Å². The topological polar surface area (TPSA) is 42.6 Å². The average Bonchev–Trinajstić information content (AvgIpc) is 2.74. The summed E-state index contributed by atoms with van der Waals surface area (Å²) in [5.74, 6) is 0. The van der Waals surface area contributed by atoms with Gasteiger partial charge in [-0.25, -0.2) is 0 Å². The number of rotatable bonds is 8. The summed E-state index contributed by atoms with van der Waals surface area (Å²) in [5.41, 5.74) is 0. The first kappa shape index (κ1) is 13.8. The molecule has 17 heavy (non-hydrogen) atoms. The molecular weight excluding hydrogens is 212 g/mol. The predicted octanol–water partition coefficient (Wildman–Crippen LogP) is 2.78. The highest BCUT2D eigenvalue weighted by molar-refractivity contribution is 5.58. The minimum Gasteiger partial charge on any atom is -0.328 e. The van der Waals surface area contributed by atoms with Crippen LogP contribution in [0.1, 0.15) is 52.4 Å². The molecule has 0 N–H and O–H groups in total. The van der Waals surface area contributed by atoms with E-state index < -0.39 is 0 Å². The van der Waals surface area contributed by atoms with Crippen LogP contribution in [0.5, 0.6) is 0 Å². The molecule has 1 atom stereocenters. The van der Waals surface area contributed by atoms with Gasteiger partial charge >= 0.3 is 0 Å². The van der Waals surface area contributed by atoms with Gasteiger partial charge in [-0.1, -0.05) is 39.5 Å². The van der Waals surface area contributed by atoms with Crippen LogP contribution >= 0.6 is 0 Å². The summed E-state index contributed by atoms with van der Waals surface area (Å²) >= 11 is 0. The minimum atomic E-state index is -0.178. The lowest BCUT2D eigenvalue weighted by Gasteiger charge is -2.24. The Bertz CT molecular complexity index is 269. The Morgan fingerprint density at radius 2 is 1.88 bits per heavy atom. The molecule has 96 valence electrons. The first-order valence-corrected chi connectivity index (χ1v) is 6.79. The first-order chi connectivity index (χ1) is 8.33. The van der Waals surface area contributed by atoms with Gasteiger partial charge in [-0.15, -0.1) is 0 Å². The number of hydrazone groups is 1. The molecule has 1 aliphatic heterocycles. The zero-order chi connectivity index (χ0) is 12.5. The van der Waals surface area contributed by atoms with Crippen LogP contribution in [0.25, 0.3) is 0 Å². The quantitative estimate of drug-likeness (QED) is 0.609. The summed E-state index contributed by atoms with van der Waals surface area (Å²) < 4.78 is 0. The first-order valence-electron chi connectivity index (χ1n) is 6.79. The van der Waals surface area contributed by atoms with E-state index in [1.807, 2.05) is 16.2 Å². The van der Waals surface area contributed by atoms with E-state index in [4.69, 9.17) is 0 Å². The second-order valence-electron chi connectivity index (χ2n) is 4.55. The summed E-state index contributed by atoms with van der Waals surface area (Å²) in [6.07, 6.45) is 8.79. The molecular formula is C13H24N4. The Labute approximate surface area is 105 Å². The minimum absolute atomic E-state index is 0.178. The zero-order valence-electron chi connectivity index (χ0n) is 11.1. The number of nitrogens with zero attached hydrogens (tertiary/aromatic N) is 4. The lowest BCUT2D eigenvalue weighted by atomic mass is 10.2. The average molecular weight is 236 g/mol. The van der Waals surface area contributed by atoms with Crippen molar-refractivity contribution in [2.75, 3.05) is 13.1 Å². The Hall–Kier alpha value is -1.24. The van der Waals surface area contributed by atoms with Gasteiger partial charge in [-0.2, -0.15) is 10.4 Å². The monoisotopic (exact) mass is 236 g/mol. The molecule has 0 aliphatic carbocycles. The van der Waals surface area contributed by atoms with E-state index >= 15 is 0 Å². The lowest BCUT2D eigenvalue weighted by Crippen LogP contribution is -2.39. The van der Waals surface area contributed by atoms with E-state index in [9.17, 15) is 5.26 Å². The predicted molar refractivity (Wildman–Crippen MR) is 70.4 cm³/mol. The van der Waals surface area contributed by atoms with Crippen LogP contribution in [0.3, 0.4) is 0 Å². The third-order valence-electron chi connectivity index (χ3n) is 3.07. The van der Waals surface area contributed by atoms with Crippen molar-refractivity contribution in [2.45, 2.75) is 58.5 Å². The van der Waals surface area contributed by atoms with Crippen molar-refractivity contribution in [3.05, 3.63) is 0 Å². The van der Waals surface area contributed by atoms with Gasteiger partial charge in [0.2, 0.25) is 6.17 Å². The Morgan fingerprint density at radius 3 is 2.53 bits per heavy atom. The van der Waals surface area contributed by atoms with Gasteiger partial charge in [0.1, 0.15) is 12.4 Å². The molecule has 0 bridgehead atoms. The molecule has 0 amide bonds. The zero-order valence-corrected chi connectivity index (χ0v) is 11.1. The summed E-state index contributed by atoms with van der Waals surface area (Å²) in [7, 11) is 0. The van der Waals surface area contributed by atoms with E-state index in [2.05, 4.69) is 25.0 Å². The van der Waals surface area contributed by atoms with Crippen molar-refractivity contribution in [1.29, 1.82) is 5.26 Å². The maximum atomic E-state index is 9.20. The maximum Gasteiger partial charge on any atom is 0.207 e. The van der Waals surface area contributed by atoms with Crippen LogP contribution < -0.4 is 0 Å². The Balaban J connectivity index is 2.32. The van der Waals surface area contributed by atoms with E-state index in [-0.39, 0.29) is 6.17 Å². The highest BCUT2D eigenvalue weighted by atomic mass is 15.6. The second-order valence-corrected chi connectivity index (χ2v) is 4.55. The van der Waals surface area contributed by atoms with Gasteiger partial charge in [-0.3, -0.25) is 5.01 Å². The molecule has 0 aromatic heterocycles.